The van der Waals surface area contributed by atoms with Gasteiger partial charge in [0, 0.05) is 25.7 Å². The number of piperidine rings is 1. The minimum Gasteiger partial charge on any atom is -0.351 e. The van der Waals surface area contributed by atoms with Crippen LogP contribution < -0.4 is 10.6 Å². The van der Waals surface area contributed by atoms with Crippen molar-refractivity contribution in [3.63, 3.8) is 0 Å². The van der Waals surface area contributed by atoms with Crippen LogP contribution in [0.25, 0.3) is 0 Å². The second-order valence-corrected chi connectivity index (χ2v) is 7.46. The molecule has 2 aliphatic rings. The Morgan fingerprint density at radius 2 is 2.00 bits per heavy atom. The first-order valence-corrected chi connectivity index (χ1v) is 7.53. The summed E-state index contributed by atoms with van der Waals surface area (Å²) in [5.41, 5.74) is -0.169. The number of amides is 2. The van der Waals surface area contributed by atoms with Gasteiger partial charge >= 0.3 is 0 Å². The van der Waals surface area contributed by atoms with E-state index in [0.29, 0.717) is 12.8 Å². The van der Waals surface area contributed by atoms with Crippen LogP contribution in [0.3, 0.4) is 0 Å². The third kappa shape index (κ3) is 4.14. The van der Waals surface area contributed by atoms with E-state index in [-0.39, 0.29) is 54.5 Å². The summed E-state index contributed by atoms with van der Waals surface area (Å²) in [4.78, 5) is 23.6. The fourth-order valence-electron chi connectivity index (χ4n) is 3.23. The van der Waals surface area contributed by atoms with Gasteiger partial charge in [-0.3, -0.25) is 9.59 Å². The highest BCUT2D eigenvalue weighted by Gasteiger charge is 2.46. The molecule has 2 fully saturated rings. The van der Waals surface area contributed by atoms with Crippen LogP contribution in [0.4, 0.5) is 8.78 Å². The van der Waals surface area contributed by atoms with Crippen LogP contribution in [0.5, 0.6) is 0 Å². The van der Waals surface area contributed by atoms with Crippen molar-refractivity contribution in [2.45, 2.75) is 70.9 Å². The van der Waals surface area contributed by atoms with Gasteiger partial charge in [0.15, 0.2) is 0 Å². The summed E-state index contributed by atoms with van der Waals surface area (Å²) in [7, 11) is 0. The van der Waals surface area contributed by atoms with E-state index in [2.05, 4.69) is 10.6 Å². The van der Waals surface area contributed by atoms with E-state index in [1.54, 1.807) is 0 Å². The molecule has 2 amide bonds. The zero-order valence-electron chi connectivity index (χ0n) is 12.8. The molecule has 2 N–H and O–H groups in total. The van der Waals surface area contributed by atoms with Gasteiger partial charge in [-0.05, 0) is 17.8 Å². The first kappa shape index (κ1) is 16.2. The summed E-state index contributed by atoms with van der Waals surface area (Å²) in [5.74, 6) is -2.99. The Balaban J connectivity index is 1.88. The number of nitrogens with one attached hydrogen (secondary N) is 2. The lowest BCUT2D eigenvalue weighted by molar-refractivity contribution is -0.136. The lowest BCUT2D eigenvalue weighted by Crippen LogP contribution is -2.60. The van der Waals surface area contributed by atoms with Crippen LogP contribution in [0.2, 0.25) is 0 Å². The molecule has 4 nitrogen and oxygen atoms in total. The van der Waals surface area contributed by atoms with E-state index in [1.807, 2.05) is 20.8 Å². The summed E-state index contributed by atoms with van der Waals surface area (Å²) < 4.78 is 25.6. The Kier molecular flexibility index (Phi) is 4.26. The number of hydrogen-bond donors (Lipinski definition) is 2. The smallest absolute Gasteiger partial charge is 0.248 e. The van der Waals surface area contributed by atoms with E-state index in [0.717, 1.165) is 0 Å². The van der Waals surface area contributed by atoms with E-state index in [1.165, 1.54) is 0 Å². The zero-order chi connectivity index (χ0) is 15.8. The molecule has 0 spiro atoms. The predicted octanol–water partition coefficient (Wildman–Crippen LogP) is 2.23. The Bertz CT molecular complexity index is 424. The third-order valence-corrected chi connectivity index (χ3v) is 4.33. The average Bonchev–Trinajstić information content (AvgIpc) is 2.27. The van der Waals surface area contributed by atoms with Gasteiger partial charge < -0.3 is 10.6 Å². The third-order valence-electron chi connectivity index (χ3n) is 4.33. The van der Waals surface area contributed by atoms with E-state index in [4.69, 9.17) is 0 Å². The molecule has 2 rings (SSSR count). The number of carbonyl (C=O) groups excluding carboxylic acids is 2. The second kappa shape index (κ2) is 5.54. The van der Waals surface area contributed by atoms with Gasteiger partial charge in [-0.1, -0.05) is 20.8 Å². The second-order valence-electron chi connectivity index (χ2n) is 7.46. The average molecular weight is 302 g/mol. The first-order valence-electron chi connectivity index (χ1n) is 7.53. The Labute approximate surface area is 124 Å². The molecule has 0 bridgehead atoms. The van der Waals surface area contributed by atoms with Crippen molar-refractivity contribution in [3.05, 3.63) is 0 Å². The Morgan fingerprint density at radius 1 is 1.38 bits per heavy atom. The molecule has 1 heterocycles. The molecule has 1 saturated carbocycles. The van der Waals surface area contributed by atoms with Crippen LogP contribution in [0.15, 0.2) is 0 Å². The molecule has 0 aromatic rings. The molecule has 0 aromatic heterocycles. The molecule has 2 atom stereocenters. The van der Waals surface area contributed by atoms with Gasteiger partial charge in [0.2, 0.25) is 17.7 Å². The maximum atomic E-state index is 12.8. The van der Waals surface area contributed by atoms with Crippen LogP contribution in [-0.4, -0.2) is 29.8 Å². The lowest BCUT2D eigenvalue weighted by atomic mass is 9.77. The van der Waals surface area contributed by atoms with Gasteiger partial charge in [-0.25, -0.2) is 8.78 Å². The lowest BCUT2D eigenvalue weighted by Gasteiger charge is -2.41. The highest BCUT2D eigenvalue weighted by molar-refractivity contribution is 5.79. The summed E-state index contributed by atoms with van der Waals surface area (Å²) in [6, 6.07) is -0.263. The van der Waals surface area contributed by atoms with Gasteiger partial charge in [0.05, 0.1) is 12.1 Å². The quantitative estimate of drug-likeness (QED) is 0.840. The zero-order valence-corrected chi connectivity index (χ0v) is 12.8. The fraction of sp³-hybridized carbons (Fsp3) is 0.867. The van der Waals surface area contributed by atoms with E-state index in [9.17, 15) is 18.4 Å². The fourth-order valence-corrected chi connectivity index (χ4v) is 3.23. The molecule has 21 heavy (non-hydrogen) atoms. The van der Waals surface area contributed by atoms with Crippen LogP contribution in [0, 0.1) is 11.3 Å². The predicted molar refractivity (Wildman–Crippen MR) is 74.8 cm³/mol. The molecular formula is C15H24F2N2O2. The van der Waals surface area contributed by atoms with Crippen molar-refractivity contribution in [1.82, 2.24) is 10.6 Å². The molecular weight excluding hydrogens is 278 g/mol. The Hall–Kier alpha value is -1.20. The number of halogens is 2. The highest BCUT2D eigenvalue weighted by Crippen LogP contribution is 2.44. The van der Waals surface area contributed by atoms with Crippen molar-refractivity contribution >= 4 is 11.8 Å². The SMILES string of the molecule is CC(C)(C)[C@@H]1NC(=O)CC[C@H]1NC(=O)CC1CC(F)(F)C1. The van der Waals surface area contributed by atoms with Gasteiger partial charge in [-0.2, -0.15) is 0 Å². The van der Waals surface area contributed by atoms with Crippen LogP contribution in [0.1, 0.15) is 52.9 Å². The van der Waals surface area contributed by atoms with Crippen LogP contribution in [-0.2, 0) is 9.59 Å². The minimum absolute atomic E-state index is 0.000871. The summed E-state index contributed by atoms with van der Waals surface area (Å²) in [5, 5.41) is 5.86. The van der Waals surface area contributed by atoms with E-state index < -0.39 is 5.92 Å². The summed E-state index contributed by atoms with van der Waals surface area (Å²) in [6.07, 6.45) is 0.755. The number of rotatable bonds is 3. The van der Waals surface area contributed by atoms with Gasteiger partial charge in [0.1, 0.15) is 0 Å². The molecule has 6 heteroatoms. The topological polar surface area (TPSA) is 58.2 Å². The van der Waals surface area contributed by atoms with E-state index >= 15 is 0 Å². The highest BCUT2D eigenvalue weighted by atomic mass is 19.3. The van der Waals surface area contributed by atoms with Crippen molar-refractivity contribution in [2.75, 3.05) is 0 Å². The molecule has 1 aliphatic heterocycles. The minimum atomic E-state index is -2.59. The summed E-state index contributed by atoms with van der Waals surface area (Å²) in [6.45, 7) is 6.03. The molecule has 0 unspecified atom stereocenters. The largest absolute Gasteiger partial charge is 0.351 e. The maximum Gasteiger partial charge on any atom is 0.248 e. The molecule has 0 aromatic carbocycles. The molecule has 0 radical (unpaired) electrons. The van der Waals surface area contributed by atoms with Crippen molar-refractivity contribution in [1.29, 1.82) is 0 Å². The van der Waals surface area contributed by atoms with Crippen molar-refractivity contribution in [2.24, 2.45) is 11.3 Å². The number of alkyl halides is 2. The number of carbonyl (C=O) groups is 2. The summed E-state index contributed by atoms with van der Waals surface area (Å²) >= 11 is 0. The molecule has 1 saturated heterocycles. The van der Waals surface area contributed by atoms with Crippen molar-refractivity contribution < 1.29 is 18.4 Å². The first-order chi connectivity index (χ1) is 9.57. The Morgan fingerprint density at radius 3 is 2.52 bits per heavy atom. The molecule has 120 valence electrons. The number of hydrogen-bond acceptors (Lipinski definition) is 2. The molecule has 1 aliphatic carbocycles. The normalized spacial score (nSPS) is 29.5. The van der Waals surface area contributed by atoms with Crippen molar-refractivity contribution in [3.8, 4) is 0 Å². The van der Waals surface area contributed by atoms with Gasteiger partial charge in [0.25, 0.3) is 0 Å². The van der Waals surface area contributed by atoms with Gasteiger partial charge in [-0.15, -0.1) is 0 Å². The maximum absolute atomic E-state index is 12.8. The standard InChI is InChI=1S/C15H24F2N2O2/c1-14(2,3)13-10(4-5-11(20)19-13)18-12(21)6-9-7-15(16,17)8-9/h9-10,13H,4-8H2,1-3H3,(H,18,21)(H,19,20)/t10-,13-/m1/s1. The van der Waals surface area contributed by atoms with Crippen LogP contribution >= 0.6 is 0 Å². The monoisotopic (exact) mass is 302 g/mol.